The van der Waals surface area contributed by atoms with E-state index in [1.54, 1.807) is 0 Å². The molecule has 0 aliphatic carbocycles. The maximum Gasteiger partial charge on any atom is 0.460 e. The Kier molecular flexibility index (Phi) is 2.67. The van der Waals surface area contributed by atoms with Crippen molar-refractivity contribution >= 4 is 5.78 Å². The van der Waals surface area contributed by atoms with Gasteiger partial charge in [-0.25, -0.2) is 0 Å². The van der Waals surface area contributed by atoms with E-state index in [0.29, 0.717) is 0 Å². The minimum Gasteiger partial charge on any atom is -0.293 e. The largest absolute Gasteiger partial charge is 0.460 e. The van der Waals surface area contributed by atoms with Crippen LogP contribution in [0.15, 0.2) is 0 Å². The number of halogens is 7. The Hall–Kier alpha value is -0.820. The molecule has 0 aliphatic heterocycles. The number of alkyl halides is 7. The second-order valence-corrected chi connectivity index (χ2v) is 2.07. The van der Waals surface area contributed by atoms with E-state index in [1.165, 1.54) is 0 Å². The van der Waals surface area contributed by atoms with E-state index in [0.717, 1.165) is 0 Å². The molecule has 0 bridgehead atoms. The molecule has 0 heterocycles. The summed E-state index contributed by atoms with van der Waals surface area (Å²) in [6.07, 6.45) is -6.48. The SMILES string of the molecule is [CH2]C(=O)C(F)(F)C(F)(F)C(F)(F)F. The topological polar surface area (TPSA) is 17.1 Å². The molecule has 0 saturated heterocycles. The van der Waals surface area contributed by atoms with E-state index in [4.69, 9.17) is 0 Å². The fourth-order valence-electron chi connectivity index (χ4n) is 0.353. The Morgan fingerprint density at radius 3 is 1.31 bits per heavy atom. The number of carbonyl (C=O) groups is 1. The highest BCUT2D eigenvalue weighted by atomic mass is 19.4. The summed E-state index contributed by atoms with van der Waals surface area (Å²) in [7, 11) is 0. The van der Waals surface area contributed by atoms with Gasteiger partial charge < -0.3 is 0 Å². The first-order chi connectivity index (χ1) is 5.44. The van der Waals surface area contributed by atoms with Crippen molar-refractivity contribution < 1.29 is 35.5 Å². The number of carbonyl (C=O) groups excluding carboxylic acids is 1. The summed E-state index contributed by atoms with van der Waals surface area (Å²) >= 11 is 0. The lowest BCUT2D eigenvalue weighted by atomic mass is 10.1. The van der Waals surface area contributed by atoms with E-state index in [-0.39, 0.29) is 0 Å². The Labute approximate surface area is 67.5 Å². The van der Waals surface area contributed by atoms with Crippen LogP contribution >= 0.6 is 0 Å². The summed E-state index contributed by atoms with van der Waals surface area (Å²) in [6, 6.07) is 0. The standard InChI is InChI=1S/C5H2F7O/c1-2(13)3(6,7)4(8,9)5(10,11)12/h1H2. The fourth-order valence-corrected chi connectivity index (χ4v) is 0.353. The van der Waals surface area contributed by atoms with Crippen molar-refractivity contribution in [2.75, 3.05) is 0 Å². The van der Waals surface area contributed by atoms with Crippen LogP contribution in [0.3, 0.4) is 0 Å². The van der Waals surface area contributed by atoms with Gasteiger partial charge in [-0.2, -0.15) is 30.7 Å². The molecule has 0 aliphatic rings. The molecule has 0 unspecified atom stereocenters. The van der Waals surface area contributed by atoms with Crippen LogP contribution in [0.25, 0.3) is 0 Å². The smallest absolute Gasteiger partial charge is 0.293 e. The van der Waals surface area contributed by atoms with Crippen molar-refractivity contribution in [3.63, 3.8) is 0 Å². The molecular formula is C5H2F7O. The molecule has 1 nitrogen and oxygen atoms in total. The van der Waals surface area contributed by atoms with E-state index >= 15 is 0 Å². The monoisotopic (exact) mass is 211 g/mol. The quantitative estimate of drug-likeness (QED) is 0.640. The van der Waals surface area contributed by atoms with Crippen molar-refractivity contribution in [3.8, 4) is 0 Å². The molecule has 1 radical (unpaired) electrons. The minimum absolute atomic E-state index is 1.82. The predicted molar refractivity (Wildman–Crippen MR) is 26.3 cm³/mol. The highest BCUT2D eigenvalue weighted by molar-refractivity contribution is 5.90. The second-order valence-electron chi connectivity index (χ2n) is 2.07. The van der Waals surface area contributed by atoms with Gasteiger partial charge in [0.05, 0.1) is 0 Å². The molecule has 0 aromatic heterocycles. The summed E-state index contributed by atoms with van der Waals surface area (Å²) in [5.74, 6) is -15.0. The first-order valence-electron chi connectivity index (χ1n) is 2.63. The second kappa shape index (κ2) is 2.85. The summed E-state index contributed by atoms with van der Waals surface area (Å²) in [4.78, 5) is 9.72. The molecule has 0 N–H and O–H groups in total. The van der Waals surface area contributed by atoms with Gasteiger partial charge in [0.25, 0.3) is 0 Å². The maximum absolute atomic E-state index is 11.9. The molecule has 0 amide bonds. The van der Waals surface area contributed by atoms with E-state index in [2.05, 4.69) is 0 Å². The molecule has 8 heteroatoms. The summed E-state index contributed by atoms with van der Waals surface area (Å²) in [5, 5.41) is 0. The van der Waals surface area contributed by atoms with Crippen LogP contribution in [0.4, 0.5) is 30.7 Å². The lowest BCUT2D eigenvalue weighted by Crippen LogP contribution is -2.55. The van der Waals surface area contributed by atoms with Gasteiger partial charge in [-0.1, -0.05) is 0 Å². The Balaban J connectivity index is 5.16. The van der Waals surface area contributed by atoms with Crippen molar-refractivity contribution in [3.05, 3.63) is 6.92 Å². The molecule has 0 atom stereocenters. The summed E-state index contributed by atoms with van der Waals surface area (Å²) in [6.45, 7) is 1.82. The van der Waals surface area contributed by atoms with Gasteiger partial charge in [-0.15, -0.1) is 0 Å². The summed E-state index contributed by atoms with van der Waals surface area (Å²) in [5.41, 5.74) is 0. The van der Waals surface area contributed by atoms with E-state index < -0.39 is 23.8 Å². The Morgan fingerprint density at radius 2 is 1.23 bits per heavy atom. The zero-order valence-electron chi connectivity index (χ0n) is 5.76. The van der Waals surface area contributed by atoms with Gasteiger partial charge in [-0.05, 0) is 0 Å². The van der Waals surface area contributed by atoms with Crippen LogP contribution in [-0.4, -0.2) is 23.8 Å². The third-order valence-electron chi connectivity index (χ3n) is 1.10. The van der Waals surface area contributed by atoms with Gasteiger partial charge in [0.15, 0.2) is 0 Å². The van der Waals surface area contributed by atoms with Crippen LogP contribution in [0.2, 0.25) is 0 Å². The molecule has 77 valence electrons. The number of hydrogen-bond acceptors (Lipinski definition) is 1. The highest BCUT2D eigenvalue weighted by Gasteiger charge is 2.75. The zero-order valence-corrected chi connectivity index (χ0v) is 5.76. The van der Waals surface area contributed by atoms with E-state index in [1.807, 2.05) is 6.92 Å². The molecule has 0 aromatic rings. The number of ketones is 1. The fraction of sp³-hybridized carbons (Fsp3) is 0.600. The van der Waals surface area contributed by atoms with Gasteiger partial charge in [-0.3, -0.25) is 4.79 Å². The molecule has 0 fully saturated rings. The zero-order chi connectivity index (χ0) is 11.1. The predicted octanol–water partition coefficient (Wildman–Crippen LogP) is 2.22. The van der Waals surface area contributed by atoms with Crippen molar-refractivity contribution in [1.29, 1.82) is 0 Å². The minimum atomic E-state index is -6.48. The summed E-state index contributed by atoms with van der Waals surface area (Å²) < 4.78 is 81.4. The van der Waals surface area contributed by atoms with Crippen LogP contribution in [0.1, 0.15) is 0 Å². The molecule has 0 saturated carbocycles. The first-order valence-corrected chi connectivity index (χ1v) is 2.63. The molecule has 0 spiro atoms. The average Bonchev–Trinajstić information content (AvgIpc) is 1.84. The van der Waals surface area contributed by atoms with Gasteiger partial charge in [0, 0.05) is 6.92 Å². The third kappa shape index (κ3) is 1.75. The van der Waals surface area contributed by atoms with Crippen LogP contribution in [0, 0.1) is 6.92 Å². The van der Waals surface area contributed by atoms with Crippen molar-refractivity contribution in [1.82, 2.24) is 0 Å². The van der Waals surface area contributed by atoms with E-state index in [9.17, 15) is 35.5 Å². The van der Waals surface area contributed by atoms with Gasteiger partial charge in [0.2, 0.25) is 5.78 Å². The Morgan fingerprint density at radius 1 is 0.923 bits per heavy atom. The van der Waals surface area contributed by atoms with Crippen LogP contribution in [-0.2, 0) is 4.79 Å². The lowest BCUT2D eigenvalue weighted by Gasteiger charge is -2.25. The molecule has 0 rings (SSSR count). The molecule has 0 aromatic carbocycles. The maximum atomic E-state index is 11.9. The highest BCUT2D eigenvalue weighted by Crippen LogP contribution is 2.46. The Bertz CT molecular complexity index is 215. The van der Waals surface area contributed by atoms with Crippen LogP contribution in [0.5, 0.6) is 0 Å². The first kappa shape index (κ1) is 12.2. The van der Waals surface area contributed by atoms with Gasteiger partial charge in [0.1, 0.15) is 0 Å². The molecule has 13 heavy (non-hydrogen) atoms. The number of rotatable bonds is 2. The average molecular weight is 211 g/mol. The van der Waals surface area contributed by atoms with Crippen molar-refractivity contribution in [2.45, 2.75) is 18.0 Å². The van der Waals surface area contributed by atoms with Gasteiger partial charge >= 0.3 is 18.0 Å². The number of hydrogen-bond donors (Lipinski definition) is 0. The molecular weight excluding hydrogens is 209 g/mol. The number of Topliss-reactive ketones (excluding diaryl/α,β-unsaturated/α-hetero) is 1. The van der Waals surface area contributed by atoms with Crippen LogP contribution < -0.4 is 0 Å². The normalized spacial score (nSPS) is 14.5. The lowest BCUT2D eigenvalue weighted by molar-refractivity contribution is -0.342. The van der Waals surface area contributed by atoms with Crippen molar-refractivity contribution in [2.24, 2.45) is 0 Å². The third-order valence-corrected chi connectivity index (χ3v) is 1.10.